The molecule has 0 aliphatic rings. The lowest BCUT2D eigenvalue weighted by molar-refractivity contribution is 0.0920. The molecule has 1 aromatic carbocycles. The van der Waals surface area contributed by atoms with Crippen LogP contribution >= 0.6 is 0 Å². The predicted octanol–water partition coefficient (Wildman–Crippen LogP) is 1.52. The minimum absolute atomic E-state index is 0.222. The summed E-state index contributed by atoms with van der Waals surface area (Å²) in [6.45, 7) is 4.62. The lowest BCUT2D eigenvalue weighted by atomic mass is 10.3. The molecule has 2 aromatic rings. The summed E-state index contributed by atoms with van der Waals surface area (Å²) in [4.78, 5) is 4.19. The van der Waals surface area contributed by atoms with E-state index in [1.54, 1.807) is 18.5 Å². The molecule has 2 rings (SSSR count). The van der Waals surface area contributed by atoms with E-state index in [0.717, 1.165) is 11.4 Å². The number of nitrogen functional groups attached to an aromatic ring is 1. The van der Waals surface area contributed by atoms with Gasteiger partial charge < -0.3 is 20.1 Å². The number of hydrogen-bond donors (Lipinski definition) is 2. The third kappa shape index (κ3) is 3.48. The van der Waals surface area contributed by atoms with E-state index in [9.17, 15) is 5.11 Å². The number of rotatable bonds is 5. The molecule has 0 aliphatic carbocycles. The normalized spacial score (nSPS) is 12.4. The van der Waals surface area contributed by atoms with Crippen LogP contribution in [-0.4, -0.2) is 27.4 Å². The van der Waals surface area contributed by atoms with Crippen LogP contribution in [0, 0.1) is 13.8 Å². The topological polar surface area (TPSA) is 73.3 Å². The summed E-state index contributed by atoms with van der Waals surface area (Å²) in [7, 11) is 0. The largest absolute Gasteiger partial charge is 0.491 e. The fourth-order valence-electron chi connectivity index (χ4n) is 1.80. The predicted molar refractivity (Wildman–Crippen MR) is 74.1 cm³/mol. The first-order chi connectivity index (χ1) is 9.06. The third-order valence-electron chi connectivity index (χ3n) is 3.05. The van der Waals surface area contributed by atoms with Gasteiger partial charge in [-0.25, -0.2) is 4.98 Å². The maximum Gasteiger partial charge on any atom is 0.121 e. The Labute approximate surface area is 112 Å². The molecule has 5 nitrogen and oxygen atoms in total. The summed E-state index contributed by atoms with van der Waals surface area (Å²) >= 11 is 0. The van der Waals surface area contributed by atoms with E-state index in [2.05, 4.69) is 4.98 Å². The van der Waals surface area contributed by atoms with Gasteiger partial charge in [-0.15, -0.1) is 0 Å². The molecule has 102 valence electrons. The van der Waals surface area contributed by atoms with E-state index >= 15 is 0 Å². The fourth-order valence-corrected chi connectivity index (χ4v) is 1.80. The zero-order valence-electron chi connectivity index (χ0n) is 11.2. The van der Waals surface area contributed by atoms with Crippen LogP contribution in [0.25, 0.3) is 0 Å². The maximum absolute atomic E-state index is 9.96. The van der Waals surface area contributed by atoms with E-state index < -0.39 is 6.10 Å². The first-order valence-corrected chi connectivity index (χ1v) is 6.21. The second-order valence-electron chi connectivity index (χ2n) is 4.61. The molecule has 0 radical (unpaired) electrons. The van der Waals surface area contributed by atoms with Crippen molar-refractivity contribution in [3.63, 3.8) is 0 Å². The number of nitrogens with two attached hydrogens (primary N) is 1. The highest BCUT2D eigenvalue weighted by Crippen LogP contribution is 2.15. The van der Waals surface area contributed by atoms with Gasteiger partial charge in [0.15, 0.2) is 0 Å². The summed E-state index contributed by atoms with van der Waals surface area (Å²) < 4.78 is 7.42. The van der Waals surface area contributed by atoms with E-state index in [1.165, 1.54) is 0 Å². The Morgan fingerprint density at radius 3 is 2.84 bits per heavy atom. The van der Waals surface area contributed by atoms with E-state index in [0.29, 0.717) is 18.0 Å². The molecule has 1 unspecified atom stereocenters. The number of aliphatic hydroxyl groups is 1. The van der Waals surface area contributed by atoms with Gasteiger partial charge >= 0.3 is 0 Å². The molecule has 1 aromatic heterocycles. The minimum atomic E-state index is -0.589. The summed E-state index contributed by atoms with van der Waals surface area (Å²) in [5.41, 5.74) is 8.34. The van der Waals surface area contributed by atoms with Crippen molar-refractivity contribution in [2.45, 2.75) is 26.5 Å². The SMILES string of the molecule is Cc1ncn(CC(O)COc2cccc(N)c2)c1C. The highest BCUT2D eigenvalue weighted by Gasteiger charge is 2.09. The van der Waals surface area contributed by atoms with Crippen LogP contribution < -0.4 is 10.5 Å². The van der Waals surface area contributed by atoms with Crippen LogP contribution in [-0.2, 0) is 6.54 Å². The van der Waals surface area contributed by atoms with Gasteiger partial charge in [0, 0.05) is 17.4 Å². The number of aliphatic hydroxyl groups excluding tert-OH is 1. The van der Waals surface area contributed by atoms with E-state index in [-0.39, 0.29) is 6.61 Å². The molecule has 0 bridgehead atoms. The minimum Gasteiger partial charge on any atom is -0.491 e. The van der Waals surface area contributed by atoms with Crippen molar-refractivity contribution in [1.82, 2.24) is 9.55 Å². The molecule has 0 saturated heterocycles. The summed E-state index contributed by atoms with van der Waals surface area (Å²) in [6, 6.07) is 7.16. The number of aryl methyl sites for hydroxylation is 1. The first kappa shape index (κ1) is 13.4. The van der Waals surface area contributed by atoms with E-state index in [1.807, 2.05) is 30.5 Å². The van der Waals surface area contributed by atoms with Crippen molar-refractivity contribution >= 4 is 5.69 Å². The summed E-state index contributed by atoms with van der Waals surface area (Å²) in [5.74, 6) is 0.664. The number of nitrogens with zero attached hydrogens (tertiary/aromatic N) is 2. The molecule has 0 fully saturated rings. The van der Waals surface area contributed by atoms with Crippen LogP contribution in [0.3, 0.4) is 0 Å². The Kier molecular flexibility index (Phi) is 4.06. The standard InChI is InChI=1S/C14H19N3O2/c1-10-11(2)17(9-16-10)7-13(18)8-19-14-5-3-4-12(15)6-14/h3-6,9,13,18H,7-8,15H2,1-2H3. The second-order valence-corrected chi connectivity index (χ2v) is 4.61. The van der Waals surface area contributed by atoms with Crippen LogP contribution in [0.2, 0.25) is 0 Å². The molecular formula is C14H19N3O2. The Morgan fingerprint density at radius 1 is 1.42 bits per heavy atom. The quantitative estimate of drug-likeness (QED) is 0.800. The fraction of sp³-hybridized carbons (Fsp3) is 0.357. The monoisotopic (exact) mass is 261 g/mol. The lowest BCUT2D eigenvalue weighted by Crippen LogP contribution is -2.23. The number of aromatic nitrogens is 2. The Bertz CT molecular complexity index is 551. The smallest absolute Gasteiger partial charge is 0.121 e. The molecule has 0 aliphatic heterocycles. The summed E-state index contributed by atoms with van der Waals surface area (Å²) in [5, 5.41) is 9.96. The molecule has 0 saturated carbocycles. The van der Waals surface area contributed by atoms with Gasteiger partial charge in [-0.1, -0.05) is 6.07 Å². The molecule has 1 atom stereocenters. The Hall–Kier alpha value is -2.01. The van der Waals surface area contributed by atoms with Crippen molar-refractivity contribution in [3.05, 3.63) is 42.0 Å². The number of hydrogen-bond acceptors (Lipinski definition) is 4. The molecule has 5 heteroatoms. The van der Waals surface area contributed by atoms with Crippen molar-refractivity contribution < 1.29 is 9.84 Å². The van der Waals surface area contributed by atoms with Crippen LogP contribution in [0.1, 0.15) is 11.4 Å². The van der Waals surface area contributed by atoms with Gasteiger partial charge in [0.25, 0.3) is 0 Å². The zero-order valence-corrected chi connectivity index (χ0v) is 11.2. The second kappa shape index (κ2) is 5.75. The van der Waals surface area contributed by atoms with E-state index in [4.69, 9.17) is 10.5 Å². The Morgan fingerprint density at radius 2 is 2.21 bits per heavy atom. The number of anilines is 1. The molecule has 1 heterocycles. The average molecular weight is 261 g/mol. The maximum atomic E-state index is 9.96. The summed E-state index contributed by atoms with van der Waals surface area (Å²) in [6.07, 6.45) is 1.14. The van der Waals surface area contributed by atoms with Crippen molar-refractivity contribution in [2.24, 2.45) is 0 Å². The zero-order chi connectivity index (χ0) is 13.8. The van der Waals surface area contributed by atoms with Crippen LogP contribution in [0.4, 0.5) is 5.69 Å². The average Bonchev–Trinajstić information content (AvgIpc) is 2.69. The van der Waals surface area contributed by atoms with Gasteiger partial charge in [0.05, 0.1) is 18.6 Å². The highest BCUT2D eigenvalue weighted by molar-refractivity contribution is 5.43. The highest BCUT2D eigenvalue weighted by atomic mass is 16.5. The molecule has 0 spiro atoms. The van der Waals surface area contributed by atoms with Crippen molar-refractivity contribution in [3.8, 4) is 5.75 Å². The van der Waals surface area contributed by atoms with Gasteiger partial charge in [-0.05, 0) is 26.0 Å². The molecule has 0 amide bonds. The van der Waals surface area contributed by atoms with Gasteiger partial charge in [0.1, 0.15) is 18.5 Å². The molecular weight excluding hydrogens is 242 g/mol. The van der Waals surface area contributed by atoms with Crippen LogP contribution in [0.5, 0.6) is 5.75 Å². The third-order valence-corrected chi connectivity index (χ3v) is 3.05. The number of imidazole rings is 1. The van der Waals surface area contributed by atoms with Gasteiger partial charge in [0.2, 0.25) is 0 Å². The first-order valence-electron chi connectivity index (χ1n) is 6.21. The number of benzene rings is 1. The van der Waals surface area contributed by atoms with Gasteiger partial charge in [-0.3, -0.25) is 0 Å². The van der Waals surface area contributed by atoms with Gasteiger partial charge in [-0.2, -0.15) is 0 Å². The van der Waals surface area contributed by atoms with Crippen molar-refractivity contribution in [2.75, 3.05) is 12.3 Å². The molecule has 19 heavy (non-hydrogen) atoms. The lowest BCUT2D eigenvalue weighted by Gasteiger charge is -2.14. The van der Waals surface area contributed by atoms with Crippen LogP contribution in [0.15, 0.2) is 30.6 Å². The Balaban J connectivity index is 1.88. The molecule has 3 N–H and O–H groups in total. The van der Waals surface area contributed by atoms with Crippen molar-refractivity contribution in [1.29, 1.82) is 0 Å². The number of ether oxygens (including phenoxy) is 1.